The second-order valence-electron chi connectivity index (χ2n) is 5.93. The number of fused-ring (bicyclic) bond motifs is 2. The van der Waals surface area contributed by atoms with Gasteiger partial charge >= 0.3 is 12.0 Å². The van der Waals surface area contributed by atoms with Gasteiger partial charge in [-0.05, 0) is 39.5 Å². The van der Waals surface area contributed by atoms with Gasteiger partial charge in [-0.15, -0.1) is 0 Å². The van der Waals surface area contributed by atoms with Crippen molar-refractivity contribution in [1.29, 1.82) is 0 Å². The van der Waals surface area contributed by atoms with Gasteiger partial charge in [0.15, 0.2) is 0 Å². The van der Waals surface area contributed by atoms with Crippen LogP contribution in [-0.4, -0.2) is 62.8 Å². The number of nitrogens with zero attached hydrogens (tertiary/aromatic N) is 2. The lowest BCUT2D eigenvalue weighted by molar-refractivity contribution is -0.138. The average molecular weight is 284 g/mol. The number of aliphatic carboxylic acids is 1. The van der Waals surface area contributed by atoms with Crippen molar-refractivity contribution < 1.29 is 19.8 Å². The summed E-state index contributed by atoms with van der Waals surface area (Å²) in [6, 6.07) is -0.151. The second kappa shape index (κ2) is 5.99. The largest absolute Gasteiger partial charge is 0.481 e. The molecule has 0 radical (unpaired) electrons. The number of piperidine rings is 1. The predicted octanol–water partition coefficient (Wildman–Crippen LogP) is 1.28. The van der Waals surface area contributed by atoms with Crippen molar-refractivity contribution in [1.82, 2.24) is 9.80 Å². The summed E-state index contributed by atoms with van der Waals surface area (Å²) in [5.74, 6) is -0.888. The molecule has 20 heavy (non-hydrogen) atoms. The first kappa shape index (κ1) is 15.1. The molecule has 114 valence electrons. The summed E-state index contributed by atoms with van der Waals surface area (Å²) >= 11 is 0. The van der Waals surface area contributed by atoms with Crippen LogP contribution < -0.4 is 0 Å². The topological polar surface area (TPSA) is 81.1 Å². The van der Waals surface area contributed by atoms with E-state index >= 15 is 0 Å². The first-order chi connectivity index (χ1) is 9.43. The number of hydrogen-bond acceptors (Lipinski definition) is 3. The SMILES string of the molecule is CCN(C(=O)N1C2CCC1CC(O)C2)C(C)CC(=O)O. The molecule has 0 aromatic rings. The number of rotatable bonds is 4. The van der Waals surface area contributed by atoms with Gasteiger partial charge in [-0.3, -0.25) is 4.79 Å². The molecular weight excluding hydrogens is 260 g/mol. The van der Waals surface area contributed by atoms with E-state index < -0.39 is 5.97 Å². The quantitative estimate of drug-likeness (QED) is 0.815. The van der Waals surface area contributed by atoms with E-state index in [0.717, 1.165) is 12.8 Å². The van der Waals surface area contributed by atoms with Crippen LogP contribution in [0.5, 0.6) is 0 Å². The minimum atomic E-state index is -0.888. The van der Waals surface area contributed by atoms with Gasteiger partial charge in [-0.1, -0.05) is 0 Å². The summed E-state index contributed by atoms with van der Waals surface area (Å²) in [5.41, 5.74) is 0. The molecule has 2 aliphatic heterocycles. The molecule has 0 aromatic heterocycles. The Morgan fingerprint density at radius 1 is 1.30 bits per heavy atom. The van der Waals surface area contributed by atoms with Crippen LogP contribution in [0, 0.1) is 0 Å². The first-order valence-corrected chi connectivity index (χ1v) is 7.42. The molecule has 2 amide bonds. The van der Waals surface area contributed by atoms with Crippen LogP contribution in [0.4, 0.5) is 4.79 Å². The summed E-state index contributed by atoms with van der Waals surface area (Å²) < 4.78 is 0. The molecule has 2 fully saturated rings. The van der Waals surface area contributed by atoms with Gasteiger partial charge in [0.2, 0.25) is 0 Å². The molecule has 6 nitrogen and oxygen atoms in total. The Hall–Kier alpha value is -1.30. The zero-order valence-electron chi connectivity index (χ0n) is 12.2. The van der Waals surface area contributed by atoms with Crippen molar-refractivity contribution in [2.24, 2.45) is 0 Å². The van der Waals surface area contributed by atoms with Crippen LogP contribution in [0.1, 0.15) is 46.0 Å². The number of carboxylic acids is 1. The van der Waals surface area contributed by atoms with Crippen molar-refractivity contribution in [2.75, 3.05) is 6.54 Å². The lowest BCUT2D eigenvalue weighted by Gasteiger charge is -2.41. The van der Waals surface area contributed by atoms with E-state index in [1.807, 2.05) is 11.8 Å². The molecule has 2 rings (SSSR count). The fourth-order valence-electron chi connectivity index (χ4n) is 3.61. The maximum Gasteiger partial charge on any atom is 0.320 e. The van der Waals surface area contributed by atoms with Gasteiger partial charge in [0, 0.05) is 24.7 Å². The van der Waals surface area contributed by atoms with E-state index in [0.29, 0.717) is 19.4 Å². The van der Waals surface area contributed by atoms with Crippen LogP contribution in [0.15, 0.2) is 0 Å². The normalized spacial score (nSPS) is 30.1. The highest BCUT2D eigenvalue weighted by molar-refractivity contribution is 5.77. The number of aliphatic hydroxyl groups is 1. The Bertz CT molecular complexity index is 373. The van der Waals surface area contributed by atoms with Crippen molar-refractivity contribution >= 4 is 12.0 Å². The summed E-state index contributed by atoms with van der Waals surface area (Å²) in [5, 5.41) is 18.7. The van der Waals surface area contributed by atoms with Crippen molar-refractivity contribution in [3.63, 3.8) is 0 Å². The maximum atomic E-state index is 12.7. The summed E-state index contributed by atoms with van der Waals surface area (Å²) in [6.07, 6.45) is 2.84. The standard InChI is InChI=1S/C14H24N2O4/c1-3-15(9(2)6-13(18)19)14(20)16-10-4-5-11(16)8-12(17)7-10/h9-12,17H,3-8H2,1-2H3,(H,18,19). The third kappa shape index (κ3) is 2.90. The third-order valence-electron chi connectivity index (χ3n) is 4.52. The predicted molar refractivity (Wildman–Crippen MR) is 73.4 cm³/mol. The highest BCUT2D eigenvalue weighted by Crippen LogP contribution is 2.36. The van der Waals surface area contributed by atoms with Gasteiger partial charge in [-0.25, -0.2) is 4.79 Å². The molecule has 2 saturated heterocycles. The number of urea groups is 1. The molecule has 0 aliphatic carbocycles. The molecule has 3 atom stereocenters. The molecule has 2 heterocycles. The Labute approximate surface area is 119 Å². The Kier molecular flexibility index (Phi) is 4.52. The Morgan fingerprint density at radius 3 is 2.30 bits per heavy atom. The average Bonchev–Trinajstić information content (AvgIpc) is 2.61. The molecule has 2 bridgehead atoms. The fourth-order valence-corrected chi connectivity index (χ4v) is 3.61. The van der Waals surface area contributed by atoms with Crippen LogP contribution in [0.3, 0.4) is 0 Å². The van der Waals surface area contributed by atoms with Gasteiger partial charge < -0.3 is 20.0 Å². The second-order valence-corrected chi connectivity index (χ2v) is 5.93. The minimum absolute atomic E-state index is 0.0363. The van der Waals surface area contributed by atoms with Crippen LogP contribution in [-0.2, 0) is 4.79 Å². The van der Waals surface area contributed by atoms with E-state index in [1.54, 1.807) is 11.8 Å². The smallest absolute Gasteiger partial charge is 0.320 e. The van der Waals surface area contributed by atoms with Crippen molar-refractivity contribution in [3.8, 4) is 0 Å². The van der Waals surface area contributed by atoms with E-state index in [-0.39, 0.29) is 36.7 Å². The summed E-state index contributed by atoms with van der Waals surface area (Å²) in [7, 11) is 0. The lowest BCUT2D eigenvalue weighted by Crippen LogP contribution is -2.55. The monoisotopic (exact) mass is 284 g/mol. The number of aliphatic hydroxyl groups excluding tert-OH is 1. The number of hydrogen-bond donors (Lipinski definition) is 2. The number of carboxylic acid groups (broad SMARTS) is 1. The zero-order chi connectivity index (χ0) is 14.9. The number of amides is 2. The molecule has 2 aliphatic rings. The van der Waals surface area contributed by atoms with Crippen molar-refractivity contribution in [3.05, 3.63) is 0 Å². The molecule has 3 unspecified atom stereocenters. The van der Waals surface area contributed by atoms with E-state index in [4.69, 9.17) is 5.11 Å². The lowest BCUT2D eigenvalue weighted by atomic mass is 10.0. The zero-order valence-corrected chi connectivity index (χ0v) is 12.2. The molecule has 0 aromatic carbocycles. The Balaban J connectivity index is 2.07. The number of carbonyl (C=O) groups excluding carboxylic acids is 1. The third-order valence-corrected chi connectivity index (χ3v) is 4.52. The Morgan fingerprint density at radius 2 is 1.85 bits per heavy atom. The van der Waals surface area contributed by atoms with Gasteiger partial charge in [0.1, 0.15) is 0 Å². The molecule has 0 saturated carbocycles. The minimum Gasteiger partial charge on any atom is -0.481 e. The van der Waals surface area contributed by atoms with Crippen LogP contribution >= 0.6 is 0 Å². The summed E-state index contributed by atoms with van der Waals surface area (Å²) in [6.45, 7) is 4.15. The molecular formula is C14H24N2O4. The molecule has 0 spiro atoms. The maximum absolute atomic E-state index is 12.7. The highest BCUT2D eigenvalue weighted by Gasteiger charge is 2.44. The van der Waals surface area contributed by atoms with Crippen molar-refractivity contribution in [2.45, 2.75) is 70.2 Å². The fraction of sp³-hybridized carbons (Fsp3) is 0.857. The van der Waals surface area contributed by atoms with Gasteiger partial charge in [-0.2, -0.15) is 0 Å². The van der Waals surface area contributed by atoms with Gasteiger partial charge in [0.25, 0.3) is 0 Å². The van der Waals surface area contributed by atoms with Crippen LogP contribution in [0.25, 0.3) is 0 Å². The highest BCUT2D eigenvalue weighted by atomic mass is 16.4. The number of carbonyl (C=O) groups is 2. The van der Waals surface area contributed by atoms with Crippen LogP contribution in [0.2, 0.25) is 0 Å². The summed E-state index contributed by atoms with van der Waals surface area (Å²) in [4.78, 5) is 27.0. The van der Waals surface area contributed by atoms with Gasteiger partial charge in [0.05, 0.1) is 12.5 Å². The first-order valence-electron chi connectivity index (χ1n) is 7.42. The molecule has 2 N–H and O–H groups in total. The van der Waals surface area contributed by atoms with E-state index in [1.165, 1.54) is 0 Å². The van der Waals surface area contributed by atoms with E-state index in [2.05, 4.69) is 0 Å². The van der Waals surface area contributed by atoms with E-state index in [9.17, 15) is 14.7 Å². The molecule has 6 heteroatoms.